The summed E-state index contributed by atoms with van der Waals surface area (Å²) >= 11 is 0. The molecule has 0 aliphatic heterocycles. The SMILES string of the molecule is Cc1ccc(CCC(=O)N(Cc2ccc(F)cc2)C(C)C(=O)NC2CCCC2)cc1. The first-order valence-corrected chi connectivity index (χ1v) is 10.8. The van der Waals surface area contributed by atoms with E-state index < -0.39 is 6.04 Å². The maximum Gasteiger partial charge on any atom is 0.242 e. The summed E-state index contributed by atoms with van der Waals surface area (Å²) < 4.78 is 13.3. The lowest BCUT2D eigenvalue weighted by Gasteiger charge is -2.30. The quantitative estimate of drug-likeness (QED) is 0.694. The minimum atomic E-state index is -0.582. The molecule has 5 heteroatoms. The van der Waals surface area contributed by atoms with Crippen LogP contribution >= 0.6 is 0 Å². The highest BCUT2D eigenvalue weighted by molar-refractivity contribution is 5.87. The Kier molecular flexibility index (Phi) is 7.61. The standard InChI is InChI=1S/C25H31FN2O2/c1-18-7-9-20(10-8-18)13-16-24(29)28(17-21-11-14-22(26)15-12-21)19(2)25(30)27-23-5-3-4-6-23/h7-12,14-15,19,23H,3-6,13,16-17H2,1-2H3,(H,27,30). The first-order chi connectivity index (χ1) is 14.4. The van der Waals surface area contributed by atoms with Crippen LogP contribution in [0, 0.1) is 12.7 Å². The van der Waals surface area contributed by atoms with Crippen molar-refractivity contribution in [3.63, 3.8) is 0 Å². The molecule has 0 bridgehead atoms. The number of hydrogen-bond acceptors (Lipinski definition) is 2. The van der Waals surface area contributed by atoms with E-state index in [4.69, 9.17) is 0 Å². The Morgan fingerprint density at radius 3 is 2.27 bits per heavy atom. The van der Waals surface area contributed by atoms with Gasteiger partial charge in [-0.2, -0.15) is 0 Å². The average molecular weight is 411 g/mol. The van der Waals surface area contributed by atoms with E-state index >= 15 is 0 Å². The fraction of sp³-hybridized carbons (Fsp3) is 0.440. The minimum absolute atomic E-state index is 0.0750. The van der Waals surface area contributed by atoms with Crippen LogP contribution in [0.5, 0.6) is 0 Å². The van der Waals surface area contributed by atoms with Gasteiger partial charge < -0.3 is 10.2 Å². The number of amides is 2. The maximum atomic E-state index is 13.3. The average Bonchev–Trinajstić information content (AvgIpc) is 3.25. The fourth-order valence-corrected chi connectivity index (χ4v) is 3.91. The number of benzene rings is 2. The van der Waals surface area contributed by atoms with Crippen LogP contribution in [-0.2, 0) is 22.6 Å². The van der Waals surface area contributed by atoms with Gasteiger partial charge in [-0.15, -0.1) is 0 Å². The Morgan fingerprint density at radius 2 is 1.63 bits per heavy atom. The largest absolute Gasteiger partial charge is 0.352 e. The number of carbonyl (C=O) groups is 2. The van der Waals surface area contributed by atoms with E-state index in [0.717, 1.165) is 36.8 Å². The van der Waals surface area contributed by atoms with Crippen LogP contribution in [0.25, 0.3) is 0 Å². The summed E-state index contributed by atoms with van der Waals surface area (Å²) in [4.78, 5) is 27.6. The lowest BCUT2D eigenvalue weighted by Crippen LogP contribution is -2.49. The summed E-state index contributed by atoms with van der Waals surface area (Å²) in [5.74, 6) is -0.510. The zero-order valence-corrected chi connectivity index (χ0v) is 17.9. The highest BCUT2D eigenvalue weighted by Gasteiger charge is 2.28. The van der Waals surface area contributed by atoms with Crippen LogP contribution in [-0.4, -0.2) is 28.8 Å². The second kappa shape index (κ2) is 10.4. The van der Waals surface area contributed by atoms with Gasteiger partial charge in [0.25, 0.3) is 0 Å². The molecule has 1 aliphatic rings. The van der Waals surface area contributed by atoms with Crippen LogP contribution in [0.4, 0.5) is 4.39 Å². The number of nitrogens with one attached hydrogen (secondary N) is 1. The Labute approximate surface area is 178 Å². The van der Waals surface area contributed by atoms with Gasteiger partial charge >= 0.3 is 0 Å². The molecule has 2 amide bonds. The molecule has 0 spiro atoms. The molecule has 0 heterocycles. The second-order valence-corrected chi connectivity index (χ2v) is 8.30. The van der Waals surface area contributed by atoms with Crippen molar-refractivity contribution in [2.75, 3.05) is 0 Å². The van der Waals surface area contributed by atoms with E-state index in [1.165, 1.54) is 17.7 Å². The monoisotopic (exact) mass is 410 g/mol. The van der Waals surface area contributed by atoms with Gasteiger partial charge in [0.15, 0.2) is 0 Å². The van der Waals surface area contributed by atoms with Gasteiger partial charge in [-0.3, -0.25) is 9.59 Å². The molecule has 2 aromatic carbocycles. The molecule has 1 saturated carbocycles. The second-order valence-electron chi connectivity index (χ2n) is 8.30. The van der Waals surface area contributed by atoms with E-state index in [1.807, 2.05) is 31.2 Å². The number of hydrogen-bond donors (Lipinski definition) is 1. The number of halogens is 1. The van der Waals surface area contributed by atoms with E-state index in [1.54, 1.807) is 24.0 Å². The number of carbonyl (C=O) groups excluding carboxylic acids is 2. The maximum absolute atomic E-state index is 13.3. The van der Waals surface area contributed by atoms with Gasteiger partial charge in [-0.1, -0.05) is 54.8 Å². The molecular weight excluding hydrogens is 379 g/mol. The summed E-state index contributed by atoms with van der Waals surface area (Å²) in [6, 6.07) is 13.8. The van der Waals surface area contributed by atoms with E-state index in [9.17, 15) is 14.0 Å². The predicted octanol–water partition coefficient (Wildman–Crippen LogP) is 4.54. The fourth-order valence-electron chi connectivity index (χ4n) is 3.91. The van der Waals surface area contributed by atoms with Crippen molar-refractivity contribution in [2.24, 2.45) is 0 Å². The van der Waals surface area contributed by atoms with Crippen LogP contribution in [0.2, 0.25) is 0 Å². The Morgan fingerprint density at radius 1 is 1.03 bits per heavy atom. The van der Waals surface area contributed by atoms with Crippen molar-refractivity contribution in [1.29, 1.82) is 0 Å². The molecule has 2 aromatic rings. The molecule has 1 fully saturated rings. The molecular formula is C25H31FN2O2. The highest BCUT2D eigenvalue weighted by atomic mass is 19.1. The summed E-state index contributed by atoms with van der Waals surface area (Å²) in [5, 5.41) is 3.10. The van der Waals surface area contributed by atoms with Crippen LogP contribution in [0.1, 0.15) is 55.7 Å². The Balaban J connectivity index is 1.69. The molecule has 30 heavy (non-hydrogen) atoms. The summed E-state index contributed by atoms with van der Waals surface area (Å²) in [7, 11) is 0. The zero-order valence-electron chi connectivity index (χ0n) is 17.9. The summed E-state index contributed by atoms with van der Waals surface area (Å²) in [5.41, 5.74) is 3.08. The van der Waals surface area contributed by atoms with Crippen molar-refractivity contribution in [2.45, 2.75) is 71.0 Å². The third-order valence-corrected chi connectivity index (χ3v) is 5.88. The van der Waals surface area contributed by atoms with Crippen molar-refractivity contribution < 1.29 is 14.0 Å². The van der Waals surface area contributed by atoms with Gasteiger partial charge in [0, 0.05) is 19.0 Å². The predicted molar refractivity (Wildman–Crippen MR) is 116 cm³/mol. The van der Waals surface area contributed by atoms with E-state index in [0.29, 0.717) is 12.8 Å². The lowest BCUT2D eigenvalue weighted by molar-refractivity contribution is -0.140. The van der Waals surface area contributed by atoms with Crippen LogP contribution in [0.3, 0.4) is 0 Å². The van der Waals surface area contributed by atoms with Crippen molar-refractivity contribution in [3.05, 3.63) is 71.0 Å². The van der Waals surface area contributed by atoms with Crippen LogP contribution < -0.4 is 5.32 Å². The number of rotatable bonds is 8. The van der Waals surface area contributed by atoms with Gasteiger partial charge in [0.2, 0.25) is 11.8 Å². The van der Waals surface area contributed by atoms with Gasteiger partial charge in [-0.05, 0) is 56.4 Å². The lowest BCUT2D eigenvalue weighted by atomic mass is 10.1. The normalized spacial score (nSPS) is 15.0. The van der Waals surface area contributed by atoms with Gasteiger partial charge in [-0.25, -0.2) is 4.39 Å². The summed E-state index contributed by atoms with van der Waals surface area (Å²) in [6.07, 6.45) is 5.21. The number of aryl methyl sites for hydroxylation is 2. The van der Waals surface area contributed by atoms with Crippen molar-refractivity contribution >= 4 is 11.8 Å². The molecule has 1 unspecified atom stereocenters. The molecule has 0 radical (unpaired) electrons. The first kappa shape index (κ1) is 22.0. The van der Waals surface area contributed by atoms with E-state index in [2.05, 4.69) is 5.32 Å². The van der Waals surface area contributed by atoms with Crippen LogP contribution in [0.15, 0.2) is 48.5 Å². The Bertz CT molecular complexity index is 842. The highest BCUT2D eigenvalue weighted by Crippen LogP contribution is 2.19. The molecule has 4 nitrogen and oxygen atoms in total. The molecule has 160 valence electrons. The van der Waals surface area contributed by atoms with Crippen molar-refractivity contribution in [1.82, 2.24) is 10.2 Å². The topological polar surface area (TPSA) is 49.4 Å². The first-order valence-electron chi connectivity index (χ1n) is 10.8. The zero-order chi connectivity index (χ0) is 21.5. The molecule has 3 rings (SSSR count). The number of nitrogens with zero attached hydrogens (tertiary/aromatic N) is 1. The third kappa shape index (κ3) is 6.15. The summed E-state index contributed by atoms with van der Waals surface area (Å²) in [6.45, 7) is 4.09. The van der Waals surface area contributed by atoms with Gasteiger partial charge in [0.1, 0.15) is 11.9 Å². The minimum Gasteiger partial charge on any atom is -0.352 e. The smallest absolute Gasteiger partial charge is 0.242 e. The molecule has 0 aromatic heterocycles. The molecule has 1 aliphatic carbocycles. The Hall–Kier alpha value is -2.69. The van der Waals surface area contributed by atoms with Gasteiger partial charge in [0.05, 0.1) is 0 Å². The third-order valence-electron chi connectivity index (χ3n) is 5.88. The molecule has 1 atom stereocenters. The van der Waals surface area contributed by atoms with Crippen molar-refractivity contribution in [3.8, 4) is 0 Å². The van der Waals surface area contributed by atoms with E-state index in [-0.39, 0.29) is 30.2 Å². The molecule has 1 N–H and O–H groups in total. The molecule has 0 saturated heterocycles.